The predicted octanol–water partition coefficient (Wildman–Crippen LogP) is 1.50. The molecule has 0 aliphatic rings. The molecule has 18 heavy (non-hydrogen) atoms. The second kappa shape index (κ2) is 6.00. The quantitative estimate of drug-likeness (QED) is 0.834. The Bertz CT molecular complexity index is 429. The lowest BCUT2D eigenvalue weighted by atomic mass is 10.1. The van der Waals surface area contributed by atoms with Crippen molar-refractivity contribution in [1.82, 2.24) is 15.3 Å². The summed E-state index contributed by atoms with van der Waals surface area (Å²) in [6.07, 6.45) is 0. The average molecular weight is 252 g/mol. The Kier molecular flexibility index (Phi) is 4.90. The van der Waals surface area contributed by atoms with Gasteiger partial charge in [0.2, 0.25) is 5.95 Å². The van der Waals surface area contributed by atoms with Gasteiger partial charge in [-0.05, 0) is 34.6 Å². The summed E-state index contributed by atoms with van der Waals surface area (Å²) in [6.45, 7) is 12.6. The van der Waals surface area contributed by atoms with E-state index in [9.17, 15) is 4.79 Å². The summed E-state index contributed by atoms with van der Waals surface area (Å²) in [7, 11) is 0. The number of aromatic nitrogens is 2. The predicted molar refractivity (Wildman–Crippen MR) is 75.0 cm³/mol. The molecule has 0 bridgehead atoms. The lowest BCUT2D eigenvalue weighted by molar-refractivity contribution is 0.421. The van der Waals surface area contributed by atoms with Crippen LogP contribution < -0.4 is 15.8 Å². The van der Waals surface area contributed by atoms with Crippen molar-refractivity contribution in [2.75, 3.05) is 18.0 Å². The minimum Gasteiger partial charge on any atom is -0.343 e. The van der Waals surface area contributed by atoms with E-state index in [1.807, 2.05) is 18.7 Å². The molecule has 1 aromatic heterocycles. The van der Waals surface area contributed by atoms with E-state index in [0.717, 1.165) is 18.8 Å². The molecule has 0 unspecified atom stereocenters. The summed E-state index contributed by atoms with van der Waals surface area (Å²) in [5, 5.41) is 3.33. The maximum absolute atomic E-state index is 11.6. The van der Waals surface area contributed by atoms with Gasteiger partial charge in [0.15, 0.2) is 0 Å². The van der Waals surface area contributed by atoms with Crippen molar-refractivity contribution in [2.24, 2.45) is 0 Å². The number of nitrogens with zero attached hydrogens (tertiary/aromatic N) is 2. The van der Waals surface area contributed by atoms with E-state index in [1.54, 1.807) is 6.07 Å². The summed E-state index contributed by atoms with van der Waals surface area (Å²) in [4.78, 5) is 20.9. The Balaban J connectivity index is 2.90. The van der Waals surface area contributed by atoms with Crippen LogP contribution >= 0.6 is 0 Å². The third-order valence-electron chi connectivity index (χ3n) is 2.65. The van der Waals surface area contributed by atoms with Gasteiger partial charge in [0, 0.05) is 31.2 Å². The van der Waals surface area contributed by atoms with E-state index in [1.165, 1.54) is 0 Å². The van der Waals surface area contributed by atoms with E-state index in [0.29, 0.717) is 12.5 Å². The van der Waals surface area contributed by atoms with Crippen molar-refractivity contribution >= 4 is 5.95 Å². The van der Waals surface area contributed by atoms with Crippen LogP contribution in [0.4, 0.5) is 5.95 Å². The smallest absolute Gasteiger partial charge is 0.252 e. The van der Waals surface area contributed by atoms with Crippen LogP contribution in [0.15, 0.2) is 10.9 Å². The Labute approximate surface area is 109 Å². The zero-order valence-electron chi connectivity index (χ0n) is 12.0. The van der Waals surface area contributed by atoms with E-state index in [4.69, 9.17) is 0 Å². The first-order chi connectivity index (χ1) is 8.35. The van der Waals surface area contributed by atoms with Crippen molar-refractivity contribution in [3.63, 3.8) is 0 Å². The molecule has 0 spiro atoms. The van der Waals surface area contributed by atoms with Crippen LogP contribution in [-0.4, -0.2) is 28.6 Å². The van der Waals surface area contributed by atoms with Crippen LogP contribution in [-0.2, 0) is 6.54 Å². The molecule has 1 heterocycles. The third-order valence-corrected chi connectivity index (χ3v) is 2.65. The average Bonchev–Trinajstić information content (AvgIpc) is 2.26. The first-order valence-corrected chi connectivity index (χ1v) is 6.46. The van der Waals surface area contributed by atoms with Crippen LogP contribution in [0.1, 0.15) is 40.3 Å². The highest BCUT2D eigenvalue weighted by atomic mass is 16.1. The van der Waals surface area contributed by atoms with Gasteiger partial charge in [-0.3, -0.25) is 9.78 Å². The first kappa shape index (κ1) is 14.7. The maximum atomic E-state index is 11.6. The third kappa shape index (κ3) is 4.49. The summed E-state index contributed by atoms with van der Waals surface area (Å²) in [5.41, 5.74) is 0.688. The molecule has 5 heteroatoms. The molecule has 0 radical (unpaired) electrons. The molecule has 0 aliphatic heterocycles. The van der Waals surface area contributed by atoms with Crippen LogP contribution in [0.5, 0.6) is 0 Å². The fraction of sp³-hybridized carbons (Fsp3) is 0.692. The van der Waals surface area contributed by atoms with Gasteiger partial charge in [-0.15, -0.1) is 0 Å². The summed E-state index contributed by atoms with van der Waals surface area (Å²) in [6, 6.07) is 1.55. The van der Waals surface area contributed by atoms with E-state index >= 15 is 0 Å². The van der Waals surface area contributed by atoms with Crippen LogP contribution in [0.2, 0.25) is 0 Å². The number of H-pyrrole nitrogens is 1. The molecule has 0 saturated carbocycles. The van der Waals surface area contributed by atoms with Crippen molar-refractivity contribution in [1.29, 1.82) is 0 Å². The van der Waals surface area contributed by atoms with E-state index < -0.39 is 0 Å². The summed E-state index contributed by atoms with van der Waals surface area (Å²) < 4.78 is 0. The highest BCUT2D eigenvalue weighted by molar-refractivity contribution is 5.29. The number of nitrogens with one attached hydrogen (secondary N) is 2. The lowest BCUT2D eigenvalue weighted by Gasteiger charge is -2.22. The molecule has 0 aliphatic carbocycles. The van der Waals surface area contributed by atoms with E-state index in [-0.39, 0.29) is 11.1 Å². The number of hydrogen-bond donors (Lipinski definition) is 2. The number of anilines is 1. The first-order valence-electron chi connectivity index (χ1n) is 6.46. The second-order valence-corrected chi connectivity index (χ2v) is 5.34. The van der Waals surface area contributed by atoms with Gasteiger partial charge < -0.3 is 10.2 Å². The van der Waals surface area contributed by atoms with Crippen molar-refractivity contribution in [3.05, 3.63) is 22.1 Å². The molecule has 0 amide bonds. The Morgan fingerprint density at radius 1 is 1.33 bits per heavy atom. The fourth-order valence-corrected chi connectivity index (χ4v) is 1.61. The molecule has 5 nitrogen and oxygen atoms in total. The lowest BCUT2D eigenvalue weighted by Crippen LogP contribution is -2.36. The van der Waals surface area contributed by atoms with Gasteiger partial charge in [0.1, 0.15) is 0 Å². The van der Waals surface area contributed by atoms with Gasteiger partial charge in [0.05, 0.1) is 5.69 Å². The number of rotatable bonds is 5. The Morgan fingerprint density at radius 3 is 2.44 bits per heavy atom. The van der Waals surface area contributed by atoms with Crippen LogP contribution in [0.25, 0.3) is 0 Å². The summed E-state index contributed by atoms with van der Waals surface area (Å²) >= 11 is 0. The molecule has 0 saturated heterocycles. The van der Waals surface area contributed by atoms with Gasteiger partial charge in [-0.25, -0.2) is 4.98 Å². The molecular weight excluding hydrogens is 228 g/mol. The van der Waals surface area contributed by atoms with Gasteiger partial charge in [-0.2, -0.15) is 0 Å². The Morgan fingerprint density at radius 2 is 1.94 bits per heavy atom. The van der Waals surface area contributed by atoms with Gasteiger partial charge >= 0.3 is 0 Å². The maximum Gasteiger partial charge on any atom is 0.252 e. The SMILES string of the molecule is CCN(CC)c1nc(CNC(C)(C)C)cc(=O)[nH]1. The zero-order chi connectivity index (χ0) is 13.8. The number of hydrogen-bond acceptors (Lipinski definition) is 4. The van der Waals surface area contributed by atoms with Crippen LogP contribution in [0.3, 0.4) is 0 Å². The molecule has 1 rings (SSSR count). The molecule has 1 aromatic rings. The summed E-state index contributed by atoms with van der Waals surface area (Å²) in [5.74, 6) is 0.651. The highest BCUT2D eigenvalue weighted by Gasteiger charge is 2.11. The fourth-order valence-electron chi connectivity index (χ4n) is 1.61. The van der Waals surface area contributed by atoms with Gasteiger partial charge in [0.25, 0.3) is 5.56 Å². The molecule has 2 N–H and O–H groups in total. The highest BCUT2D eigenvalue weighted by Crippen LogP contribution is 2.06. The van der Waals surface area contributed by atoms with Crippen molar-refractivity contribution < 1.29 is 0 Å². The standard InChI is InChI=1S/C13H24N4O/c1-6-17(7-2)12-15-10(8-11(18)16-12)9-14-13(3,4)5/h8,14H,6-7,9H2,1-5H3,(H,15,16,18). The van der Waals surface area contributed by atoms with Gasteiger partial charge in [-0.1, -0.05) is 0 Å². The molecular formula is C13H24N4O. The van der Waals surface area contributed by atoms with Crippen molar-refractivity contribution in [2.45, 2.75) is 46.7 Å². The topological polar surface area (TPSA) is 61.0 Å². The largest absolute Gasteiger partial charge is 0.343 e. The minimum atomic E-state index is -0.0994. The van der Waals surface area contributed by atoms with Crippen molar-refractivity contribution in [3.8, 4) is 0 Å². The normalized spacial score (nSPS) is 11.6. The molecule has 0 fully saturated rings. The number of aromatic amines is 1. The molecule has 0 atom stereocenters. The minimum absolute atomic E-state index is 0.0135. The van der Waals surface area contributed by atoms with E-state index in [2.05, 4.69) is 36.1 Å². The monoisotopic (exact) mass is 252 g/mol. The molecule has 102 valence electrons. The molecule has 0 aromatic carbocycles. The second-order valence-electron chi connectivity index (χ2n) is 5.34. The van der Waals surface area contributed by atoms with Crippen LogP contribution in [0, 0.1) is 0 Å². The Hall–Kier alpha value is -1.36. The zero-order valence-corrected chi connectivity index (χ0v) is 12.0.